The third-order valence-corrected chi connectivity index (χ3v) is 5.33. The molecule has 4 rings (SSSR count). The van der Waals surface area contributed by atoms with E-state index in [-0.39, 0.29) is 23.0 Å². The van der Waals surface area contributed by atoms with Gasteiger partial charge >= 0.3 is 6.18 Å². The summed E-state index contributed by atoms with van der Waals surface area (Å²) in [6.07, 6.45) is 0.208. The van der Waals surface area contributed by atoms with Gasteiger partial charge in [-0.15, -0.1) is 0 Å². The highest BCUT2D eigenvalue weighted by molar-refractivity contribution is 5.92. The van der Waals surface area contributed by atoms with Gasteiger partial charge in [0.05, 0.1) is 11.8 Å². The summed E-state index contributed by atoms with van der Waals surface area (Å²) in [5.41, 5.74) is 0.655. The van der Waals surface area contributed by atoms with E-state index in [9.17, 15) is 18.0 Å². The second kappa shape index (κ2) is 8.58. The summed E-state index contributed by atoms with van der Waals surface area (Å²) in [6.45, 7) is 3.52. The van der Waals surface area contributed by atoms with Gasteiger partial charge in [0.2, 0.25) is 0 Å². The van der Waals surface area contributed by atoms with Crippen molar-refractivity contribution in [3.8, 4) is 11.3 Å². The van der Waals surface area contributed by atoms with Crippen LogP contribution in [0.1, 0.15) is 28.1 Å². The highest BCUT2D eigenvalue weighted by Gasteiger charge is 2.31. The number of alkyl halides is 3. The highest BCUT2D eigenvalue weighted by atomic mass is 19.4. The lowest BCUT2D eigenvalue weighted by Crippen LogP contribution is -2.34. The molecule has 0 N–H and O–H groups in total. The molecule has 1 amide bonds. The van der Waals surface area contributed by atoms with Crippen LogP contribution in [0, 0.1) is 0 Å². The van der Waals surface area contributed by atoms with Gasteiger partial charge in [-0.1, -0.05) is 12.1 Å². The van der Waals surface area contributed by atoms with Crippen molar-refractivity contribution in [2.24, 2.45) is 7.05 Å². The van der Waals surface area contributed by atoms with Gasteiger partial charge in [0.1, 0.15) is 5.76 Å². The number of benzene rings is 1. The monoisotopic (exact) mass is 432 g/mol. The Morgan fingerprint density at radius 2 is 1.97 bits per heavy atom. The Balaban J connectivity index is 1.42. The molecular formula is C22H23F3N4O2. The van der Waals surface area contributed by atoms with Crippen molar-refractivity contribution in [3.05, 3.63) is 65.7 Å². The number of amides is 1. The molecular weight excluding hydrogens is 409 g/mol. The topological polar surface area (TPSA) is 54.5 Å². The number of carbonyl (C=O) groups excluding carboxylic acids is 1. The third kappa shape index (κ3) is 4.99. The standard InChI is InChI=1S/C22H23F3N4O2/c1-27-14-16(13-26-27)15-28-8-3-9-29(11-10-28)21(30)20-7-6-19(31-20)17-4-2-5-18(12-17)22(23,24)25/h2,4-7,12-14H,3,8-11,15H2,1H3. The van der Waals surface area contributed by atoms with E-state index >= 15 is 0 Å². The Morgan fingerprint density at radius 3 is 2.71 bits per heavy atom. The Bertz CT molecular complexity index is 1060. The lowest BCUT2D eigenvalue weighted by atomic mass is 10.1. The molecule has 9 heteroatoms. The molecule has 0 bridgehead atoms. The second-order valence-corrected chi connectivity index (χ2v) is 7.69. The predicted octanol–water partition coefficient (Wildman–Crippen LogP) is 4.05. The van der Waals surface area contributed by atoms with Crippen molar-refractivity contribution in [2.45, 2.75) is 19.1 Å². The van der Waals surface area contributed by atoms with Crippen LogP contribution in [0.5, 0.6) is 0 Å². The van der Waals surface area contributed by atoms with Crippen LogP contribution in [0.2, 0.25) is 0 Å². The Hall–Kier alpha value is -3.07. The molecule has 1 aromatic carbocycles. The quantitative estimate of drug-likeness (QED) is 0.624. The Kier molecular flexibility index (Phi) is 5.86. The summed E-state index contributed by atoms with van der Waals surface area (Å²) in [7, 11) is 1.88. The first-order chi connectivity index (χ1) is 14.8. The van der Waals surface area contributed by atoms with Gasteiger partial charge in [-0.3, -0.25) is 14.4 Å². The minimum absolute atomic E-state index is 0.133. The lowest BCUT2D eigenvalue weighted by molar-refractivity contribution is -0.137. The summed E-state index contributed by atoms with van der Waals surface area (Å²) >= 11 is 0. The summed E-state index contributed by atoms with van der Waals surface area (Å²) in [4.78, 5) is 16.9. The predicted molar refractivity (Wildman–Crippen MR) is 108 cm³/mol. The van der Waals surface area contributed by atoms with E-state index in [4.69, 9.17) is 4.42 Å². The van der Waals surface area contributed by atoms with Gasteiger partial charge in [-0.25, -0.2) is 0 Å². The average molecular weight is 432 g/mol. The highest BCUT2D eigenvalue weighted by Crippen LogP contribution is 2.32. The largest absolute Gasteiger partial charge is 0.451 e. The maximum absolute atomic E-state index is 13.0. The molecule has 1 fully saturated rings. The molecule has 0 atom stereocenters. The Labute approximate surface area is 177 Å². The number of carbonyl (C=O) groups is 1. The average Bonchev–Trinajstić information content (AvgIpc) is 3.32. The minimum Gasteiger partial charge on any atom is -0.451 e. The van der Waals surface area contributed by atoms with Crippen LogP contribution >= 0.6 is 0 Å². The number of aromatic nitrogens is 2. The van der Waals surface area contributed by atoms with E-state index < -0.39 is 11.7 Å². The van der Waals surface area contributed by atoms with Crippen molar-refractivity contribution in [2.75, 3.05) is 26.2 Å². The molecule has 0 radical (unpaired) electrons. The van der Waals surface area contributed by atoms with E-state index in [2.05, 4.69) is 10.00 Å². The maximum atomic E-state index is 13.0. The molecule has 6 nitrogen and oxygen atoms in total. The van der Waals surface area contributed by atoms with E-state index in [0.29, 0.717) is 13.1 Å². The number of aryl methyl sites for hydroxylation is 1. The SMILES string of the molecule is Cn1cc(CN2CCCN(C(=O)c3ccc(-c4cccc(C(F)(F)F)c4)o3)CC2)cn1. The number of hydrogen-bond donors (Lipinski definition) is 0. The normalized spacial score (nSPS) is 15.8. The molecule has 31 heavy (non-hydrogen) atoms. The lowest BCUT2D eigenvalue weighted by Gasteiger charge is -2.20. The van der Waals surface area contributed by atoms with Crippen LogP contribution in [0.3, 0.4) is 0 Å². The molecule has 0 aliphatic carbocycles. The first-order valence-corrected chi connectivity index (χ1v) is 10.1. The zero-order chi connectivity index (χ0) is 22.0. The van der Waals surface area contributed by atoms with Gasteiger partial charge in [0, 0.05) is 57.1 Å². The van der Waals surface area contributed by atoms with Gasteiger partial charge in [0.15, 0.2) is 5.76 Å². The molecule has 0 saturated carbocycles. The van der Waals surface area contributed by atoms with E-state index in [1.165, 1.54) is 24.3 Å². The third-order valence-electron chi connectivity index (χ3n) is 5.33. The van der Waals surface area contributed by atoms with Crippen molar-refractivity contribution in [1.82, 2.24) is 19.6 Å². The molecule has 0 unspecified atom stereocenters. The fraction of sp³-hybridized carbons (Fsp3) is 0.364. The maximum Gasteiger partial charge on any atom is 0.416 e. The number of hydrogen-bond acceptors (Lipinski definition) is 4. The van der Waals surface area contributed by atoms with Crippen LogP contribution in [0.25, 0.3) is 11.3 Å². The zero-order valence-corrected chi connectivity index (χ0v) is 17.1. The smallest absolute Gasteiger partial charge is 0.416 e. The first kappa shape index (κ1) is 21.2. The fourth-order valence-corrected chi connectivity index (χ4v) is 3.76. The van der Waals surface area contributed by atoms with Gasteiger partial charge < -0.3 is 9.32 Å². The van der Waals surface area contributed by atoms with Gasteiger partial charge in [-0.05, 0) is 30.7 Å². The number of rotatable bonds is 4. The summed E-state index contributed by atoms with van der Waals surface area (Å²) in [5.74, 6) is 0.122. The summed E-state index contributed by atoms with van der Waals surface area (Å²) in [5, 5.41) is 4.19. The molecule has 0 spiro atoms. The first-order valence-electron chi connectivity index (χ1n) is 10.1. The minimum atomic E-state index is -4.44. The van der Waals surface area contributed by atoms with Crippen LogP contribution in [-0.4, -0.2) is 51.7 Å². The summed E-state index contributed by atoms with van der Waals surface area (Å²) in [6, 6.07) is 7.95. The van der Waals surface area contributed by atoms with Crippen molar-refractivity contribution in [1.29, 1.82) is 0 Å². The van der Waals surface area contributed by atoms with E-state index in [1.807, 2.05) is 19.4 Å². The van der Waals surface area contributed by atoms with E-state index in [0.717, 1.165) is 43.8 Å². The molecule has 3 heterocycles. The Morgan fingerprint density at radius 1 is 1.13 bits per heavy atom. The van der Waals surface area contributed by atoms with Gasteiger partial charge in [-0.2, -0.15) is 18.3 Å². The number of furan rings is 1. The molecule has 2 aromatic heterocycles. The number of halogens is 3. The van der Waals surface area contributed by atoms with Crippen LogP contribution in [-0.2, 0) is 19.8 Å². The van der Waals surface area contributed by atoms with Crippen LogP contribution < -0.4 is 0 Å². The second-order valence-electron chi connectivity index (χ2n) is 7.69. The van der Waals surface area contributed by atoms with Crippen LogP contribution in [0.15, 0.2) is 53.2 Å². The van der Waals surface area contributed by atoms with Crippen LogP contribution in [0.4, 0.5) is 13.2 Å². The molecule has 1 aliphatic heterocycles. The van der Waals surface area contributed by atoms with Crippen molar-refractivity contribution >= 4 is 5.91 Å². The molecule has 1 aliphatic rings. The number of nitrogens with zero attached hydrogens (tertiary/aromatic N) is 4. The summed E-state index contributed by atoms with van der Waals surface area (Å²) < 4.78 is 46.3. The van der Waals surface area contributed by atoms with Crippen molar-refractivity contribution in [3.63, 3.8) is 0 Å². The molecule has 164 valence electrons. The van der Waals surface area contributed by atoms with E-state index in [1.54, 1.807) is 9.58 Å². The van der Waals surface area contributed by atoms with Crippen molar-refractivity contribution < 1.29 is 22.4 Å². The molecule has 1 saturated heterocycles. The molecule has 3 aromatic rings. The zero-order valence-electron chi connectivity index (χ0n) is 17.1. The fourth-order valence-electron chi connectivity index (χ4n) is 3.76. The van der Waals surface area contributed by atoms with Gasteiger partial charge in [0.25, 0.3) is 5.91 Å².